The van der Waals surface area contributed by atoms with E-state index in [1.54, 1.807) is 7.11 Å². The van der Waals surface area contributed by atoms with E-state index in [4.69, 9.17) is 4.74 Å². The van der Waals surface area contributed by atoms with Crippen molar-refractivity contribution in [2.45, 2.75) is 31.2 Å². The summed E-state index contributed by atoms with van der Waals surface area (Å²) in [6, 6.07) is 7.64. The van der Waals surface area contributed by atoms with Crippen LogP contribution in [0.2, 0.25) is 0 Å². The molecule has 7 nitrogen and oxygen atoms in total. The first-order valence-electron chi connectivity index (χ1n) is 8.34. The number of nitrogens with zero attached hydrogens (tertiary/aromatic N) is 4. The SMILES string of the molecule is COc1cccc(-c2nnc(S[C@H](C)C(=O)Nc3nc(C)c(C)s3)n2C)c1. The maximum absolute atomic E-state index is 12.5. The van der Waals surface area contributed by atoms with Crippen molar-refractivity contribution in [1.82, 2.24) is 19.7 Å². The van der Waals surface area contributed by atoms with E-state index in [1.165, 1.54) is 23.1 Å². The predicted molar refractivity (Wildman–Crippen MR) is 109 cm³/mol. The molecule has 142 valence electrons. The summed E-state index contributed by atoms with van der Waals surface area (Å²) in [5.41, 5.74) is 1.84. The second-order valence-corrected chi connectivity index (χ2v) is 8.52. The molecule has 0 aliphatic carbocycles. The van der Waals surface area contributed by atoms with Gasteiger partial charge >= 0.3 is 0 Å². The van der Waals surface area contributed by atoms with Gasteiger partial charge in [-0.15, -0.1) is 21.5 Å². The number of aryl methyl sites for hydroxylation is 2. The van der Waals surface area contributed by atoms with Crippen molar-refractivity contribution in [2.75, 3.05) is 12.4 Å². The Balaban J connectivity index is 1.71. The van der Waals surface area contributed by atoms with E-state index in [-0.39, 0.29) is 11.2 Å². The standard InChI is InChI=1S/C18H21N5O2S2/c1-10-11(2)26-17(19-10)20-16(24)12(3)27-18-22-21-15(23(18)4)13-7-6-8-14(9-13)25-5/h6-9,12H,1-5H3,(H,19,20,24)/t12-/m1/s1. The van der Waals surface area contributed by atoms with Crippen LogP contribution < -0.4 is 10.1 Å². The highest BCUT2D eigenvalue weighted by atomic mass is 32.2. The lowest BCUT2D eigenvalue weighted by molar-refractivity contribution is -0.115. The van der Waals surface area contributed by atoms with E-state index >= 15 is 0 Å². The van der Waals surface area contributed by atoms with Crippen molar-refractivity contribution in [2.24, 2.45) is 7.05 Å². The van der Waals surface area contributed by atoms with E-state index in [1.807, 2.05) is 56.7 Å². The van der Waals surface area contributed by atoms with Crippen LogP contribution in [-0.2, 0) is 11.8 Å². The topological polar surface area (TPSA) is 81.9 Å². The number of aromatic nitrogens is 4. The van der Waals surface area contributed by atoms with Crippen molar-refractivity contribution in [3.63, 3.8) is 0 Å². The third kappa shape index (κ3) is 4.30. The Bertz CT molecular complexity index is 947. The van der Waals surface area contributed by atoms with Crippen LogP contribution in [0.25, 0.3) is 11.4 Å². The summed E-state index contributed by atoms with van der Waals surface area (Å²) in [5.74, 6) is 1.36. The minimum Gasteiger partial charge on any atom is -0.497 e. The van der Waals surface area contributed by atoms with Crippen LogP contribution in [0.5, 0.6) is 5.75 Å². The lowest BCUT2D eigenvalue weighted by atomic mass is 10.2. The molecule has 1 atom stereocenters. The largest absolute Gasteiger partial charge is 0.497 e. The maximum Gasteiger partial charge on any atom is 0.239 e. The predicted octanol–water partition coefficient (Wildman–Crippen LogP) is 3.68. The van der Waals surface area contributed by atoms with Gasteiger partial charge in [0, 0.05) is 17.5 Å². The molecule has 27 heavy (non-hydrogen) atoms. The van der Waals surface area contributed by atoms with E-state index in [9.17, 15) is 4.79 Å². The van der Waals surface area contributed by atoms with Crippen molar-refractivity contribution >= 4 is 34.1 Å². The van der Waals surface area contributed by atoms with Crippen molar-refractivity contribution in [1.29, 1.82) is 0 Å². The molecule has 1 N–H and O–H groups in total. The van der Waals surface area contributed by atoms with Gasteiger partial charge in [-0.25, -0.2) is 4.98 Å². The van der Waals surface area contributed by atoms with Gasteiger partial charge in [-0.3, -0.25) is 4.79 Å². The molecule has 0 fully saturated rings. The Morgan fingerprint density at radius 2 is 2.11 bits per heavy atom. The first-order chi connectivity index (χ1) is 12.9. The molecular formula is C18H21N5O2S2. The average molecular weight is 404 g/mol. The molecule has 0 aliphatic rings. The molecule has 0 saturated carbocycles. The number of benzene rings is 1. The molecule has 0 saturated heterocycles. The number of thioether (sulfide) groups is 1. The number of carbonyl (C=O) groups excluding carboxylic acids is 1. The van der Waals surface area contributed by atoms with E-state index < -0.39 is 0 Å². The van der Waals surface area contributed by atoms with Crippen LogP contribution >= 0.6 is 23.1 Å². The first-order valence-corrected chi connectivity index (χ1v) is 10.0. The number of amides is 1. The van der Waals surface area contributed by atoms with Crippen LogP contribution in [-0.4, -0.2) is 38.0 Å². The number of carbonyl (C=O) groups is 1. The van der Waals surface area contributed by atoms with E-state index in [0.717, 1.165) is 27.7 Å². The van der Waals surface area contributed by atoms with Crippen molar-refractivity contribution in [3.8, 4) is 17.1 Å². The maximum atomic E-state index is 12.5. The third-order valence-electron chi connectivity index (χ3n) is 4.07. The number of rotatable bonds is 6. The van der Waals surface area contributed by atoms with Crippen LogP contribution in [0.15, 0.2) is 29.4 Å². The van der Waals surface area contributed by atoms with Gasteiger partial charge in [0.1, 0.15) is 5.75 Å². The van der Waals surface area contributed by atoms with Crippen LogP contribution in [0.4, 0.5) is 5.13 Å². The fourth-order valence-electron chi connectivity index (χ4n) is 2.38. The minimum absolute atomic E-state index is 0.111. The molecule has 0 spiro atoms. The zero-order valence-electron chi connectivity index (χ0n) is 15.8. The first kappa shape index (κ1) is 19.4. The van der Waals surface area contributed by atoms with Gasteiger partial charge in [-0.05, 0) is 32.9 Å². The highest BCUT2D eigenvalue weighted by molar-refractivity contribution is 8.00. The minimum atomic E-state index is -0.337. The fraction of sp³-hybridized carbons (Fsp3) is 0.333. The zero-order valence-corrected chi connectivity index (χ0v) is 17.4. The third-order valence-corrected chi connectivity index (χ3v) is 6.20. The summed E-state index contributed by atoms with van der Waals surface area (Å²) < 4.78 is 7.14. The number of hydrogen-bond donors (Lipinski definition) is 1. The molecule has 2 aromatic heterocycles. The molecule has 1 aromatic carbocycles. The number of nitrogens with one attached hydrogen (secondary N) is 1. The Hall–Kier alpha value is -2.39. The van der Waals surface area contributed by atoms with Crippen LogP contribution in [0.1, 0.15) is 17.5 Å². The molecule has 1 amide bonds. The number of ether oxygens (including phenoxy) is 1. The molecule has 9 heteroatoms. The lowest BCUT2D eigenvalue weighted by Gasteiger charge is -2.10. The summed E-state index contributed by atoms with van der Waals surface area (Å²) in [6.07, 6.45) is 0. The number of thiazole rings is 1. The second-order valence-electron chi connectivity index (χ2n) is 6.01. The van der Waals surface area contributed by atoms with Gasteiger partial charge in [-0.1, -0.05) is 23.9 Å². The van der Waals surface area contributed by atoms with E-state index in [0.29, 0.717) is 10.3 Å². The highest BCUT2D eigenvalue weighted by Gasteiger charge is 2.20. The summed E-state index contributed by atoms with van der Waals surface area (Å²) in [7, 11) is 3.51. The Morgan fingerprint density at radius 3 is 2.78 bits per heavy atom. The van der Waals surface area contributed by atoms with Gasteiger partial charge in [-0.2, -0.15) is 0 Å². The Morgan fingerprint density at radius 1 is 1.33 bits per heavy atom. The normalized spacial score (nSPS) is 12.0. The molecule has 0 aliphatic heterocycles. The zero-order chi connectivity index (χ0) is 19.6. The van der Waals surface area contributed by atoms with E-state index in [2.05, 4.69) is 20.5 Å². The van der Waals surface area contributed by atoms with Gasteiger partial charge in [0.05, 0.1) is 18.1 Å². The molecule has 3 rings (SSSR count). The molecule has 3 aromatic rings. The van der Waals surface area contributed by atoms with Crippen molar-refractivity contribution < 1.29 is 9.53 Å². The number of anilines is 1. The number of hydrogen-bond acceptors (Lipinski definition) is 7. The Labute approximate surface area is 166 Å². The molecule has 0 bridgehead atoms. The summed E-state index contributed by atoms with van der Waals surface area (Å²) in [4.78, 5) is 17.9. The summed E-state index contributed by atoms with van der Waals surface area (Å²) >= 11 is 2.83. The smallest absolute Gasteiger partial charge is 0.239 e. The molecule has 2 heterocycles. The van der Waals surface area contributed by atoms with Crippen LogP contribution in [0.3, 0.4) is 0 Å². The monoisotopic (exact) mass is 403 g/mol. The van der Waals surface area contributed by atoms with Crippen molar-refractivity contribution in [3.05, 3.63) is 34.8 Å². The van der Waals surface area contributed by atoms with Gasteiger partial charge in [0.15, 0.2) is 16.1 Å². The fourth-order valence-corrected chi connectivity index (χ4v) is 4.01. The van der Waals surface area contributed by atoms with Gasteiger partial charge < -0.3 is 14.6 Å². The number of methoxy groups -OCH3 is 1. The second kappa shape index (κ2) is 8.10. The molecule has 0 unspecified atom stereocenters. The Kier molecular flexibility index (Phi) is 5.81. The van der Waals surface area contributed by atoms with Gasteiger partial charge in [0.25, 0.3) is 0 Å². The molecular weight excluding hydrogens is 382 g/mol. The highest BCUT2D eigenvalue weighted by Crippen LogP contribution is 2.28. The van der Waals surface area contributed by atoms with Gasteiger partial charge in [0.2, 0.25) is 5.91 Å². The summed E-state index contributed by atoms with van der Waals surface area (Å²) in [6.45, 7) is 5.76. The average Bonchev–Trinajstić information content (AvgIpc) is 3.17. The summed E-state index contributed by atoms with van der Waals surface area (Å²) in [5, 5.41) is 12.3. The van der Waals surface area contributed by atoms with Crippen LogP contribution in [0, 0.1) is 13.8 Å². The molecule has 0 radical (unpaired) electrons. The lowest BCUT2D eigenvalue weighted by Crippen LogP contribution is -2.22. The quantitative estimate of drug-likeness (QED) is 0.632.